The predicted molar refractivity (Wildman–Crippen MR) is 98.9 cm³/mol. The van der Waals surface area contributed by atoms with Gasteiger partial charge in [0.1, 0.15) is 12.4 Å². The highest BCUT2D eigenvalue weighted by Crippen LogP contribution is 2.33. The van der Waals surface area contributed by atoms with E-state index < -0.39 is 0 Å². The first-order chi connectivity index (χ1) is 11.5. The highest BCUT2D eigenvalue weighted by molar-refractivity contribution is 5.80. The lowest BCUT2D eigenvalue weighted by atomic mass is 9.78. The fraction of sp³-hybridized carbons (Fsp3) is 0.722. The van der Waals surface area contributed by atoms with E-state index in [4.69, 9.17) is 4.99 Å². The van der Waals surface area contributed by atoms with E-state index in [1.54, 1.807) is 0 Å². The third-order valence-corrected chi connectivity index (χ3v) is 4.89. The van der Waals surface area contributed by atoms with E-state index in [-0.39, 0.29) is 0 Å². The number of guanidine groups is 1. The third kappa shape index (κ3) is 4.58. The van der Waals surface area contributed by atoms with Gasteiger partial charge in [-0.1, -0.05) is 26.3 Å². The van der Waals surface area contributed by atoms with Gasteiger partial charge in [0, 0.05) is 26.7 Å². The zero-order chi connectivity index (χ0) is 17.6. The number of nitrogens with zero attached hydrogens (tertiary/aromatic N) is 5. The van der Waals surface area contributed by atoms with Gasteiger partial charge >= 0.3 is 0 Å². The predicted octanol–water partition coefficient (Wildman–Crippen LogP) is 2.66. The number of nitrogens with one attached hydrogen (secondary N) is 1. The average Bonchev–Trinajstić information content (AvgIpc) is 2.87. The maximum atomic E-state index is 4.82. The van der Waals surface area contributed by atoms with E-state index in [9.17, 15) is 0 Å². The number of piperidine rings is 1. The Bertz CT molecular complexity index is 572. The number of aromatic nitrogens is 3. The molecule has 0 saturated carbocycles. The van der Waals surface area contributed by atoms with Crippen LogP contribution in [0.15, 0.2) is 17.6 Å². The van der Waals surface area contributed by atoms with Crippen molar-refractivity contribution in [2.24, 2.45) is 17.5 Å². The lowest BCUT2D eigenvalue weighted by Crippen LogP contribution is -2.49. The van der Waals surface area contributed by atoms with E-state index in [0.29, 0.717) is 12.0 Å². The average molecular weight is 332 g/mol. The van der Waals surface area contributed by atoms with Gasteiger partial charge in [-0.05, 0) is 31.6 Å². The smallest absolute Gasteiger partial charge is 0.194 e. The lowest BCUT2D eigenvalue weighted by Gasteiger charge is -2.42. The fourth-order valence-electron chi connectivity index (χ4n) is 3.47. The van der Waals surface area contributed by atoms with Gasteiger partial charge in [-0.3, -0.25) is 0 Å². The van der Waals surface area contributed by atoms with Crippen LogP contribution >= 0.6 is 0 Å². The van der Waals surface area contributed by atoms with Gasteiger partial charge in [0.05, 0.1) is 0 Å². The highest BCUT2D eigenvalue weighted by atomic mass is 15.3. The van der Waals surface area contributed by atoms with Gasteiger partial charge in [-0.2, -0.15) is 0 Å². The highest BCUT2D eigenvalue weighted by Gasteiger charge is 2.31. The molecule has 2 heterocycles. The SMILES string of the molecule is C=CCNC(=NCc1nnc(C)n1C)N1CCCC(C)(CCC)C1. The van der Waals surface area contributed by atoms with Crippen LogP contribution in [0.25, 0.3) is 0 Å². The molecule has 1 aliphatic rings. The van der Waals surface area contributed by atoms with Gasteiger partial charge in [0.25, 0.3) is 0 Å². The Morgan fingerprint density at radius 1 is 1.46 bits per heavy atom. The summed E-state index contributed by atoms with van der Waals surface area (Å²) in [5.41, 5.74) is 0.380. The molecule has 1 aromatic heterocycles. The van der Waals surface area contributed by atoms with E-state index in [1.807, 2.05) is 24.6 Å². The van der Waals surface area contributed by atoms with E-state index in [2.05, 4.69) is 40.8 Å². The van der Waals surface area contributed by atoms with Crippen LogP contribution < -0.4 is 5.32 Å². The summed E-state index contributed by atoms with van der Waals surface area (Å²) < 4.78 is 1.99. The Balaban J connectivity index is 2.13. The summed E-state index contributed by atoms with van der Waals surface area (Å²) in [6.45, 7) is 13.8. The standard InChI is InChI=1S/C18H32N6/c1-6-9-18(4)10-8-12-24(14-18)17(19-11-7-2)20-13-16-22-21-15(3)23(16)5/h7H,2,6,8-14H2,1,3-5H3,(H,19,20). The molecule has 134 valence electrons. The van der Waals surface area contributed by atoms with Crippen LogP contribution in [0.4, 0.5) is 0 Å². The zero-order valence-corrected chi connectivity index (χ0v) is 15.7. The van der Waals surface area contributed by atoms with Crippen molar-refractivity contribution in [3.05, 3.63) is 24.3 Å². The molecule has 1 aromatic rings. The molecule has 6 nitrogen and oxygen atoms in total. The van der Waals surface area contributed by atoms with Crippen molar-refractivity contribution in [1.82, 2.24) is 25.0 Å². The van der Waals surface area contributed by atoms with Crippen molar-refractivity contribution in [1.29, 1.82) is 0 Å². The Kier molecular flexibility index (Phi) is 6.40. The van der Waals surface area contributed by atoms with Crippen LogP contribution in [0.2, 0.25) is 0 Å². The minimum absolute atomic E-state index is 0.380. The number of hydrogen-bond donors (Lipinski definition) is 1. The van der Waals surface area contributed by atoms with Gasteiger partial charge in [-0.15, -0.1) is 16.8 Å². The minimum Gasteiger partial charge on any atom is -0.353 e. The van der Waals surface area contributed by atoms with Crippen molar-refractivity contribution in [3.63, 3.8) is 0 Å². The van der Waals surface area contributed by atoms with Crippen molar-refractivity contribution in [3.8, 4) is 0 Å². The molecule has 0 amide bonds. The second-order valence-electron chi connectivity index (χ2n) is 7.12. The normalized spacial score (nSPS) is 21.8. The molecule has 1 saturated heterocycles. The third-order valence-electron chi connectivity index (χ3n) is 4.89. The summed E-state index contributed by atoms with van der Waals surface area (Å²) in [4.78, 5) is 7.21. The Morgan fingerprint density at radius 2 is 2.25 bits per heavy atom. The maximum Gasteiger partial charge on any atom is 0.194 e. The molecular formula is C18H32N6. The molecule has 0 aromatic carbocycles. The molecule has 1 unspecified atom stereocenters. The van der Waals surface area contributed by atoms with E-state index in [1.165, 1.54) is 25.7 Å². The van der Waals surface area contributed by atoms with Crippen molar-refractivity contribution < 1.29 is 0 Å². The molecule has 0 aliphatic carbocycles. The zero-order valence-electron chi connectivity index (χ0n) is 15.7. The first-order valence-electron chi connectivity index (χ1n) is 8.98. The van der Waals surface area contributed by atoms with Crippen LogP contribution in [-0.4, -0.2) is 45.3 Å². The van der Waals surface area contributed by atoms with Crippen molar-refractivity contribution in [2.45, 2.75) is 53.0 Å². The molecule has 24 heavy (non-hydrogen) atoms. The van der Waals surface area contributed by atoms with Crippen LogP contribution in [-0.2, 0) is 13.6 Å². The summed E-state index contributed by atoms with van der Waals surface area (Å²) in [6, 6.07) is 0. The molecule has 2 rings (SSSR count). The maximum absolute atomic E-state index is 4.82. The van der Waals surface area contributed by atoms with E-state index in [0.717, 1.165) is 37.2 Å². The van der Waals surface area contributed by atoms with Gasteiger partial charge in [-0.25, -0.2) is 4.99 Å². The number of likely N-dealkylation sites (tertiary alicyclic amines) is 1. The number of hydrogen-bond acceptors (Lipinski definition) is 3. The molecule has 1 atom stereocenters. The van der Waals surface area contributed by atoms with Gasteiger partial charge in [0.15, 0.2) is 11.8 Å². The molecular weight excluding hydrogens is 300 g/mol. The fourth-order valence-corrected chi connectivity index (χ4v) is 3.47. The first kappa shape index (κ1) is 18.5. The lowest BCUT2D eigenvalue weighted by molar-refractivity contribution is 0.142. The molecule has 1 N–H and O–H groups in total. The Labute approximate surface area is 146 Å². The van der Waals surface area contributed by atoms with Crippen LogP contribution in [0.1, 0.15) is 51.2 Å². The van der Waals surface area contributed by atoms with Crippen LogP contribution in [0.5, 0.6) is 0 Å². The summed E-state index contributed by atoms with van der Waals surface area (Å²) >= 11 is 0. The van der Waals surface area contributed by atoms with Crippen LogP contribution in [0.3, 0.4) is 0 Å². The Morgan fingerprint density at radius 3 is 2.88 bits per heavy atom. The molecule has 0 radical (unpaired) electrons. The van der Waals surface area contributed by atoms with E-state index >= 15 is 0 Å². The summed E-state index contributed by atoms with van der Waals surface area (Å²) in [7, 11) is 1.98. The minimum atomic E-state index is 0.380. The molecule has 1 aliphatic heterocycles. The Hall–Kier alpha value is -1.85. The molecule has 0 spiro atoms. The molecule has 6 heteroatoms. The monoisotopic (exact) mass is 332 g/mol. The van der Waals surface area contributed by atoms with Crippen molar-refractivity contribution in [2.75, 3.05) is 19.6 Å². The van der Waals surface area contributed by atoms with Gasteiger partial charge < -0.3 is 14.8 Å². The molecule has 0 bridgehead atoms. The second kappa shape index (κ2) is 8.31. The number of aryl methyl sites for hydroxylation is 1. The van der Waals surface area contributed by atoms with Crippen LogP contribution in [0, 0.1) is 12.3 Å². The summed E-state index contributed by atoms with van der Waals surface area (Å²) in [5, 5.41) is 11.7. The summed E-state index contributed by atoms with van der Waals surface area (Å²) in [5.74, 6) is 2.76. The molecule has 1 fully saturated rings. The second-order valence-corrected chi connectivity index (χ2v) is 7.12. The quantitative estimate of drug-likeness (QED) is 0.494. The number of rotatable bonds is 6. The van der Waals surface area contributed by atoms with Gasteiger partial charge in [0.2, 0.25) is 0 Å². The number of aliphatic imine (C=N–C) groups is 1. The summed E-state index contributed by atoms with van der Waals surface area (Å²) in [6.07, 6.45) is 6.88. The van der Waals surface area contributed by atoms with Crippen molar-refractivity contribution >= 4 is 5.96 Å². The largest absolute Gasteiger partial charge is 0.353 e. The first-order valence-corrected chi connectivity index (χ1v) is 8.98. The topological polar surface area (TPSA) is 58.3 Å².